The Balaban J connectivity index is 1.60. The highest BCUT2D eigenvalue weighted by Crippen LogP contribution is 2.29. The number of hydrogen-bond acceptors (Lipinski definition) is 4. The van der Waals surface area contributed by atoms with E-state index in [9.17, 15) is 4.79 Å². The lowest BCUT2D eigenvalue weighted by molar-refractivity contribution is 0.235. The van der Waals surface area contributed by atoms with Gasteiger partial charge in [-0.15, -0.1) is 11.3 Å². The van der Waals surface area contributed by atoms with E-state index in [1.54, 1.807) is 11.3 Å². The van der Waals surface area contributed by atoms with Crippen LogP contribution in [0.1, 0.15) is 35.0 Å². The van der Waals surface area contributed by atoms with Crippen LogP contribution in [0, 0.1) is 0 Å². The van der Waals surface area contributed by atoms with Gasteiger partial charge in [-0.1, -0.05) is 6.07 Å². The maximum atomic E-state index is 12.1. The highest BCUT2D eigenvalue weighted by Gasteiger charge is 2.25. The third-order valence-electron chi connectivity index (χ3n) is 3.88. The number of aliphatic hydroxyl groups excluding tert-OH is 1. The van der Waals surface area contributed by atoms with E-state index in [1.807, 2.05) is 28.4 Å². The Bertz CT molecular complexity index is 624. The normalized spacial score (nSPS) is 17.0. The van der Waals surface area contributed by atoms with Crippen LogP contribution >= 0.6 is 11.3 Å². The molecule has 2 aromatic rings. The number of aliphatic hydroxyl groups is 1. The minimum absolute atomic E-state index is 0.000437. The van der Waals surface area contributed by atoms with Crippen LogP contribution in [0.25, 0.3) is 0 Å². The number of rotatable bonds is 5. The van der Waals surface area contributed by atoms with Crippen molar-refractivity contribution in [1.82, 2.24) is 20.4 Å². The van der Waals surface area contributed by atoms with Gasteiger partial charge in [-0.3, -0.25) is 4.68 Å². The molecule has 3 rings (SSSR count). The van der Waals surface area contributed by atoms with E-state index in [0.29, 0.717) is 13.1 Å². The maximum Gasteiger partial charge on any atom is 0.315 e. The van der Waals surface area contributed by atoms with Crippen LogP contribution in [0.5, 0.6) is 0 Å². The average Bonchev–Trinajstić information content (AvgIpc) is 3.16. The highest BCUT2D eigenvalue weighted by atomic mass is 32.1. The molecule has 6 nitrogen and oxygen atoms in total. The molecule has 2 heterocycles. The first-order valence-corrected chi connectivity index (χ1v) is 8.38. The molecule has 22 heavy (non-hydrogen) atoms. The van der Waals surface area contributed by atoms with Gasteiger partial charge in [-0.25, -0.2) is 4.79 Å². The van der Waals surface area contributed by atoms with Crippen molar-refractivity contribution in [2.45, 2.75) is 38.4 Å². The van der Waals surface area contributed by atoms with Gasteiger partial charge in [-0.05, 0) is 30.7 Å². The fourth-order valence-electron chi connectivity index (χ4n) is 2.85. The second-order valence-electron chi connectivity index (χ2n) is 5.34. The number of thiophene rings is 1. The van der Waals surface area contributed by atoms with E-state index in [0.717, 1.165) is 35.4 Å². The summed E-state index contributed by atoms with van der Waals surface area (Å²) in [6, 6.07) is 3.83. The summed E-state index contributed by atoms with van der Waals surface area (Å²) >= 11 is 1.63. The summed E-state index contributed by atoms with van der Waals surface area (Å²) in [7, 11) is 0. The number of carbonyl (C=O) groups is 1. The Morgan fingerprint density at radius 3 is 3.23 bits per heavy atom. The van der Waals surface area contributed by atoms with E-state index >= 15 is 0 Å². The van der Waals surface area contributed by atoms with Crippen LogP contribution in [0.4, 0.5) is 4.79 Å². The van der Waals surface area contributed by atoms with Crippen LogP contribution in [-0.2, 0) is 19.5 Å². The minimum Gasteiger partial charge on any atom is -0.394 e. The van der Waals surface area contributed by atoms with Crippen molar-refractivity contribution < 1.29 is 9.90 Å². The van der Waals surface area contributed by atoms with Gasteiger partial charge < -0.3 is 15.7 Å². The predicted molar refractivity (Wildman–Crippen MR) is 84.7 cm³/mol. The molecule has 1 atom stereocenters. The van der Waals surface area contributed by atoms with Gasteiger partial charge in [0, 0.05) is 16.1 Å². The van der Waals surface area contributed by atoms with Crippen LogP contribution in [0.3, 0.4) is 0 Å². The van der Waals surface area contributed by atoms with Crippen LogP contribution in [0.2, 0.25) is 0 Å². The smallest absolute Gasteiger partial charge is 0.315 e. The number of fused-ring (bicyclic) bond motifs is 1. The monoisotopic (exact) mass is 320 g/mol. The number of nitrogens with zero attached hydrogens (tertiary/aromatic N) is 2. The van der Waals surface area contributed by atoms with Gasteiger partial charge in [0.2, 0.25) is 0 Å². The average molecular weight is 320 g/mol. The molecule has 2 amide bonds. The fraction of sp³-hybridized carbons (Fsp3) is 0.467. The third-order valence-corrected chi connectivity index (χ3v) is 4.76. The van der Waals surface area contributed by atoms with Crippen LogP contribution in [0.15, 0.2) is 23.7 Å². The minimum atomic E-state index is -0.152. The molecule has 0 saturated carbocycles. The van der Waals surface area contributed by atoms with Crippen LogP contribution in [-0.4, -0.2) is 27.5 Å². The summed E-state index contributed by atoms with van der Waals surface area (Å²) in [6.45, 7) is 1.13. The van der Waals surface area contributed by atoms with E-state index in [4.69, 9.17) is 5.11 Å². The summed E-state index contributed by atoms with van der Waals surface area (Å²) in [4.78, 5) is 13.2. The van der Waals surface area contributed by atoms with Crippen molar-refractivity contribution >= 4 is 17.4 Å². The van der Waals surface area contributed by atoms with Gasteiger partial charge >= 0.3 is 6.03 Å². The summed E-state index contributed by atoms with van der Waals surface area (Å²) in [5.74, 6) is 0. The molecule has 0 fully saturated rings. The Labute approximate surface area is 133 Å². The maximum absolute atomic E-state index is 12.1. The summed E-state index contributed by atoms with van der Waals surface area (Å²) in [5.41, 5.74) is 2.20. The largest absolute Gasteiger partial charge is 0.394 e. The van der Waals surface area contributed by atoms with E-state index < -0.39 is 0 Å². The lowest BCUT2D eigenvalue weighted by Gasteiger charge is -2.24. The molecule has 0 aromatic carbocycles. The fourth-order valence-corrected chi connectivity index (χ4v) is 3.49. The second kappa shape index (κ2) is 6.93. The highest BCUT2D eigenvalue weighted by molar-refractivity contribution is 7.09. The molecule has 118 valence electrons. The topological polar surface area (TPSA) is 79.2 Å². The van der Waals surface area contributed by atoms with Crippen molar-refractivity contribution in [2.75, 3.05) is 6.61 Å². The van der Waals surface area contributed by atoms with Gasteiger partial charge in [0.15, 0.2) is 0 Å². The van der Waals surface area contributed by atoms with Crippen LogP contribution < -0.4 is 10.6 Å². The number of carbonyl (C=O) groups excluding carboxylic acids is 1. The molecule has 1 aliphatic rings. The summed E-state index contributed by atoms with van der Waals surface area (Å²) in [5, 5.41) is 21.3. The molecule has 2 aromatic heterocycles. The predicted octanol–water partition coefficient (Wildman–Crippen LogP) is 1.81. The molecular formula is C15H20N4O2S. The Hall–Kier alpha value is -1.86. The van der Waals surface area contributed by atoms with Gasteiger partial charge in [0.25, 0.3) is 0 Å². The molecular weight excluding hydrogens is 300 g/mol. The molecule has 0 aliphatic heterocycles. The summed E-state index contributed by atoms with van der Waals surface area (Å²) in [6.07, 6.45) is 4.70. The second-order valence-corrected chi connectivity index (χ2v) is 6.38. The summed E-state index contributed by atoms with van der Waals surface area (Å²) < 4.78 is 1.84. The van der Waals surface area contributed by atoms with E-state index in [2.05, 4.69) is 15.7 Å². The zero-order valence-corrected chi connectivity index (χ0v) is 13.1. The zero-order valence-electron chi connectivity index (χ0n) is 12.3. The van der Waals surface area contributed by atoms with Gasteiger partial charge in [0.1, 0.15) is 0 Å². The number of nitrogens with one attached hydrogen (secondary N) is 2. The lowest BCUT2D eigenvalue weighted by atomic mass is 9.93. The number of amides is 2. The number of aromatic nitrogens is 2. The molecule has 0 saturated heterocycles. The van der Waals surface area contributed by atoms with E-state index in [-0.39, 0.29) is 18.7 Å². The first-order valence-electron chi connectivity index (χ1n) is 7.50. The number of urea groups is 1. The molecule has 3 N–H and O–H groups in total. The van der Waals surface area contributed by atoms with Gasteiger partial charge in [0.05, 0.1) is 31.9 Å². The van der Waals surface area contributed by atoms with Crippen molar-refractivity contribution in [1.29, 1.82) is 0 Å². The lowest BCUT2D eigenvalue weighted by Crippen LogP contribution is -2.38. The quantitative estimate of drug-likeness (QED) is 0.786. The Morgan fingerprint density at radius 2 is 2.45 bits per heavy atom. The Kier molecular flexibility index (Phi) is 4.74. The molecule has 0 unspecified atom stereocenters. The van der Waals surface area contributed by atoms with E-state index in [1.165, 1.54) is 0 Å². The van der Waals surface area contributed by atoms with Crippen molar-refractivity contribution in [3.63, 3.8) is 0 Å². The standard InChI is InChI=1S/C15H20N4O2S/c20-7-6-19-14-5-1-4-13(12(14)10-17-19)18-15(21)16-9-11-3-2-8-22-11/h2-3,8,10,13,20H,1,4-7,9H2,(H2,16,18,21)/t13-/m0/s1. The van der Waals surface area contributed by atoms with Gasteiger partial charge in [-0.2, -0.15) is 5.10 Å². The van der Waals surface area contributed by atoms with Crippen molar-refractivity contribution in [3.8, 4) is 0 Å². The van der Waals surface area contributed by atoms with Crippen molar-refractivity contribution in [2.24, 2.45) is 0 Å². The molecule has 1 aliphatic carbocycles. The molecule has 7 heteroatoms. The number of hydrogen-bond donors (Lipinski definition) is 3. The first kappa shape index (κ1) is 15.1. The first-order chi connectivity index (χ1) is 10.8. The molecule has 0 radical (unpaired) electrons. The third kappa shape index (κ3) is 3.31. The zero-order chi connectivity index (χ0) is 15.4. The van der Waals surface area contributed by atoms with Crippen molar-refractivity contribution in [3.05, 3.63) is 39.8 Å². The molecule has 0 spiro atoms. The SMILES string of the molecule is O=C(NCc1cccs1)N[C@H]1CCCc2c1cnn2CCO. The molecule has 0 bridgehead atoms. The Morgan fingerprint density at radius 1 is 1.55 bits per heavy atom.